The molecule has 0 saturated heterocycles. The third-order valence-corrected chi connectivity index (χ3v) is 8.00. The lowest BCUT2D eigenvalue weighted by Crippen LogP contribution is -1.97. The van der Waals surface area contributed by atoms with Crippen molar-refractivity contribution in [2.75, 3.05) is 0 Å². The van der Waals surface area contributed by atoms with Gasteiger partial charge in [-0.1, -0.05) is 54.6 Å². The van der Waals surface area contributed by atoms with Crippen molar-refractivity contribution in [1.82, 2.24) is 14.1 Å². The Bertz CT molecular complexity index is 2390. The molecule has 3 heterocycles. The molecule has 8 rings (SSSR count). The highest BCUT2D eigenvalue weighted by Crippen LogP contribution is 2.37. The molecule has 5 aromatic carbocycles. The first-order chi connectivity index (χ1) is 20.7. The van der Waals surface area contributed by atoms with Crippen molar-refractivity contribution < 1.29 is 0 Å². The van der Waals surface area contributed by atoms with Crippen LogP contribution in [-0.4, -0.2) is 14.1 Å². The molecule has 0 unspecified atom stereocenters. The largest absolute Gasteiger partial charge is 0.309 e. The quantitative estimate of drug-likeness (QED) is 0.212. The fourth-order valence-electron chi connectivity index (χ4n) is 6.20. The Morgan fingerprint density at radius 3 is 2.07 bits per heavy atom. The maximum absolute atomic E-state index is 10.1. The van der Waals surface area contributed by atoms with Crippen LogP contribution in [0.2, 0.25) is 0 Å². The molecule has 0 fully saturated rings. The molecule has 194 valence electrons. The van der Waals surface area contributed by atoms with E-state index in [9.17, 15) is 5.26 Å². The molecule has 0 atom stereocenters. The Labute approximate surface area is 241 Å². The summed E-state index contributed by atoms with van der Waals surface area (Å²) < 4.78 is 4.43. The zero-order valence-electron chi connectivity index (χ0n) is 22.4. The Morgan fingerprint density at radius 1 is 0.595 bits per heavy atom. The number of pyridine rings is 1. The van der Waals surface area contributed by atoms with E-state index in [1.165, 1.54) is 5.39 Å². The van der Waals surface area contributed by atoms with Gasteiger partial charge in [0.15, 0.2) is 5.69 Å². The highest BCUT2D eigenvalue weighted by molar-refractivity contribution is 6.11. The molecule has 0 radical (unpaired) electrons. The van der Waals surface area contributed by atoms with E-state index >= 15 is 0 Å². The van der Waals surface area contributed by atoms with Crippen LogP contribution in [0.1, 0.15) is 5.56 Å². The minimum atomic E-state index is 0.581. The second-order valence-electron chi connectivity index (χ2n) is 10.3. The minimum absolute atomic E-state index is 0.581. The summed E-state index contributed by atoms with van der Waals surface area (Å²) in [5.74, 6) is 0. The van der Waals surface area contributed by atoms with Crippen molar-refractivity contribution in [1.29, 1.82) is 5.26 Å². The smallest absolute Gasteiger partial charge is 0.188 e. The summed E-state index contributed by atoms with van der Waals surface area (Å²) >= 11 is 0. The highest BCUT2D eigenvalue weighted by Gasteiger charge is 2.16. The van der Waals surface area contributed by atoms with Gasteiger partial charge in [-0.05, 0) is 77.2 Å². The lowest BCUT2D eigenvalue weighted by molar-refractivity contribution is 1.16. The van der Waals surface area contributed by atoms with E-state index in [1.54, 1.807) is 0 Å². The van der Waals surface area contributed by atoms with E-state index in [0.717, 1.165) is 60.7 Å². The molecule has 3 aromatic heterocycles. The summed E-state index contributed by atoms with van der Waals surface area (Å²) in [5.41, 5.74) is 9.27. The van der Waals surface area contributed by atoms with Crippen LogP contribution in [0.15, 0.2) is 128 Å². The molecule has 0 aliphatic heterocycles. The molecular formula is C37H21N5. The van der Waals surface area contributed by atoms with Crippen LogP contribution in [0, 0.1) is 17.9 Å². The van der Waals surface area contributed by atoms with Crippen LogP contribution in [0.5, 0.6) is 0 Å². The van der Waals surface area contributed by atoms with Crippen molar-refractivity contribution in [3.05, 3.63) is 145 Å². The van der Waals surface area contributed by atoms with Gasteiger partial charge < -0.3 is 9.13 Å². The summed E-state index contributed by atoms with van der Waals surface area (Å²) in [7, 11) is 0. The van der Waals surface area contributed by atoms with Gasteiger partial charge >= 0.3 is 0 Å². The van der Waals surface area contributed by atoms with E-state index in [2.05, 4.69) is 97.8 Å². The third-order valence-electron chi connectivity index (χ3n) is 8.00. The molecule has 42 heavy (non-hydrogen) atoms. The van der Waals surface area contributed by atoms with E-state index in [4.69, 9.17) is 6.57 Å². The number of rotatable bonds is 3. The van der Waals surface area contributed by atoms with Crippen LogP contribution in [0.3, 0.4) is 0 Å². The first-order valence-corrected chi connectivity index (χ1v) is 13.6. The fraction of sp³-hybridized carbons (Fsp3) is 0. The minimum Gasteiger partial charge on any atom is -0.309 e. The van der Waals surface area contributed by atoms with Gasteiger partial charge in [-0.2, -0.15) is 5.26 Å². The molecule has 0 aliphatic carbocycles. The van der Waals surface area contributed by atoms with Crippen molar-refractivity contribution in [3.8, 4) is 28.6 Å². The molecule has 5 heteroatoms. The van der Waals surface area contributed by atoms with E-state index in [1.807, 2.05) is 54.9 Å². The summed E-state index contributed by atoms with van der Waals surface area (Å²) in [4.78, 5) is 8.07. The summed E-state index contributed by atoms with van der Waals surface area (Å²) in [6, 6.07) is 41.3. The maximum Gasteiger partial charge on any atom is 0.188 e. The summed E-state index contributed by atoms with van der Waals surface area (Å²) in [6.45, 7) is 7.51. The van der Waals surface area contributed by atoms with Gasteiger partial charge in [-0.15, -0.1) is 0 Å². The number of fused-ring (bicyclic) bond motifs is 6. The van der Waals surface area contributed by atoms with Gasteiger partial charge in [-0.25, -0.2) is 4.85 Å². The Kier molecular flexibility index (Phi) is 5.19. The van der Waals surface area contributed by atoms with Crippen molar-refractivity contribution in [3.63, 3.8) is 0 Å². The highest BCUT2D eigenvalue weighted by atomic mass is 15.0. The molecule has 0 bridgehead atoms. The van der Waals surface area contributed by atoms with Gasteiger partial charge in [0.05, 0.1) is 46.5 Å². The van der Waals surface area contributed by atoms with Crippen LogP contribution in [0.25, 0.3) is 71.0 Å². The van der Waals surface area contributed by atoms with Crippen LogP contribution in [-0.2, 0) is 0 Å². The number of benzene rings is 5. The molecule has 8 aromatic rings. The van der Waals surface area contributed by atoms with Crippen LogP contribution in [0.4, 0.5) is 5.69 Å². The van der Waals surface area contributed by atoms with Gasteiger partial charge in [0.1, 0.15) is 0 Å². The van der Waals surface area contributed by atoms with Gasteiger partial charge in [0.25, 0.3) is 0 Å². The predicted octanol–water partition coefficient (Wildman–Crippen LogP) is 9.37. The average Bonchev–Trinajstić information content (AvgIpc) is 3.57. The lowest BCUT2D eigenvalue weighted by Gasteiger charge is -2.13. The van der Waals surface area contributed by atoms with E-state index < -0.39 is 0 Å². The average molecular weight is 536 g/mol. The second-order valence-corrected chi connectivity index (χ2v) is 10.3. The molecular weight excluding hydrogens is 514 g/mol. The molecule has 0 amide bonds. The Hall–Kier alpha value is -6.17. The van der Waals surface area contributed by atoms with Gasteiger partial charge in [0.2, 0.25) is 0 Å². The molecule has 0 saturated carbocycles. The number of para-hydroxylation sites is 2. The van der Waals surface area contributed by atoms with Crippen molar-refractivity contribution >= 4 is 49.3 Å². The summed E-state index contributed by atoms with van der Waals surface area (Å²) in [6.07, 6.45) is 3.75. The first kappa shape index (κ1) is 23.7. The van der Waals surface area contributed by atoms with Crippen molar-refractivity contribution in [2.45, 2.75) is 0 Å². The first-order valence-electron chi connectivity index (χ1n) is 13.6. The predicted molar refractivity (Wildman–Crippen MR) is 169 cm³/mol. The van der Waals surface area contributed by atoms with Crippen LogP contribution < -0.4 is 0 Å². The Morgan fingerprint density at radius 2 is 1.29 bits per heavy atom. The lowest BCUT2D eigenvalue weighted by atomic mass is 10.0. The molecule has 5 nitrogen and oxygen atoms in total. The molecule has 0 aliphatic rings. The Balaban J connectivity index is 1.35. The standard InChI is InChI=1S/C37H21N5/c1-39-27-13-14-36-33(21-27)31-10-3-5-12-35(31)42(36)29-18-24(22-38)17-26(20-29)25-7-6-8-28(19-25)41-34-11-4-2-9-30(34)32-15-16-40-23-37(32)41/h2-21,23H. The molecule has 0 N–H and O–H groups in total. The SMILES string of the molecule is [C-]#[N+]c1ccc2c(c1)c1ccccc1n2-c1cc(C#N)cc(-c2cccc(-n3c4ccccc4c4ccncc43)c2)c1. The number of hydrogen-bond acceptors (Lipinski definition) is 2. The number of aromatic nitrogens is 3. The van der Waals surface area contributed by atoms with E-state index in [-0.39, 0.29) is 0 Å². The van der Waals surface area contributed by atoms with Gasteiger partial charge in [-0.3, -0.25) is 4.98 Å². The number of nitrogens with zero attached hydrogens (tertiary/aromatic N) is 5. The third kappa shape index (κ3) is 3.52. The monoisotopic (exact) mass is 535 g/mol. The number of nitriles is 1. The van der Waals surface area contributed by atoms with E-state index in [0.29, 0.717) is 11.3 Å². The van der Waals surface area contributed by atoms with Crippen LogP contribution >= 0.6 is 0 Å². The second kappa shape index (κ2) is 9.20. The molecule has 0 spiro atoms. The summed E-state index contributed by atoms with van der Waals surface area (Å²) in [5, 5.41) is 14.5. The maximum atomic E-state index is 10.1. The fourth-order valence-corrected chi connectivity index (χ4v) is 6.20. The zero-order valence-corrected chi connectivity index (χ0v) is 22.4. The normalized spacial score (nSPS) is 11.3. The zero-order chi connectivity index (χ0) is 28.2. The van der Waals surface area contributed by atoms with Gasteiger partial charge in [0, 0.05) is 33.7 Å². The topological polar surface area (TPSA) is 50.9 Å². The van der Waals surface area contributed by atoms with Crippen molar-refractivity contribution in [2.24, 2.45) is 0 Å². The number of hydrogen-bond donors (Lipinski definition) is 0.